The van der Waals surface area contributed by atoms with Gasteiger partial charge in [0, 0.05) is 17.8 Å². The van der Waals surface area contributed by atoms with Crippen molar-refractivity contribution in [1.82, 2.24) is 14.8 Å². The summed E-state index contributed by atoms with van der Waals surface area (Å²) in [6.07, 6.45) is 0.796. The number of carbonyl (C=O) groups excluding carboxylic acids is 2. The summed E-state index contributed by atoms with van der Waals surface area (Å²) in [5.74, 6) is 0.505. The van der Waals surface area contributed by atoms with Crippen molar-refractivity contribution < 1.29 is 14.3 Å². The first-order chi connectivity index (χ1) is 12.4. The number of rotatable bonds is 8. The number of nitrogens with one attached hydrogen (secondary N) is 1. The van der Waals surface area contributed by atoms with Crippen LogP contribution in [0.1, 0.15) is 47.4 Å². The summed E-state index contributed by atoms with van der Waals surface area (Å²) in [5, 5.41) is 12.4. The van der Waals surface area contributed by atoms with E-state index in [1.807, 2.05) is 32.3 Å². The maximum absolute atomic E-state index is 12.4. The third-order valence-corrected chi connectivity index (χ3v) is 5.97. The lowest BCUT2D eigenvalue weighted by molar-refractivity contribution is -0.113. The van der Waals surface area contributed by atoms with Crippen LogP contribution in [0.2, 0.25) is 0 Å². The molecule has 0 bridgehead atoms. The number of anilines is 1. The van der Waals surface area contributed by atoms with Crippen LogP contribution in [-0.2, 0) is 22.5 Å². The third kappa shape index (κ3) is 4.45. The van der Waals surface area contributed by atoms with Crippen LogP contribution in [0.4, 0.5) is 5.00 Å². The molecule has 0 saturated carbocycles. The predicted octanol–water partition coefficient (Wildman–Crippen LogP) is 3.45. The van der Waals surface area contributed by atoms with Gasteiger partial charge in [0.05, 0.1) is 17.9 Å². The van der Waals surface area contributed by atoms with E-state index in [1.165, 1.54) is 23.1 Å². The number of hydrogen-bond acceptors (Lipinski definition) is 7. The number of esters is 1. The number of nitrogens with zero attached hydrogens (tertiary/aromatic N) is 3. The molecule has 0 fully saturated rings. The Morgan fingerprint density at radius 3 is 2.58 bits per heavy atom. The normalized spacial score (nSPS) is 10.8. The highest BCUT2D eigenvalue weighted by Gasteiger charge is 2.22. The van der Waals surface area contributed by atoms with Gasteiger partial charge in [-0.1, -0.05) is 18.7 Å². The third-order valence-electron chi connectivity index (χ3n) is 3.88. The fraction of sp³-hybridized carbons (Fsp3) is 0.529. The second-order valence-electron chi connectivity index (χ2n) is 5.54. The number of carbonyl (C=O) groups is 2. The van der Waals surface area contributed by atoms with Crippen molar-refractivity contribution in [3.63, 3.8) is 0 Å². The first kappa shape index (κ1) is 20.4. The van der Waals surface area contributed by atoms with E-state index in [0.29, 0.717) is 17.2 Å². The van der Waals surface area contributed by atoms with Crippen molar-refractivity contribution in [3.8, 4) is 0 Å². The molecule has 0 unspecified atom stereocenters. The quantitative estimate of drug-likeness (QED) is 0.543. The number of ether oxygens (including phenoxy) is 1. The molecule has 0 aliphatic carbocycles. The SMILES string of the molecule is CCOC(=O)c1c(NC(=O)CSc2nnc(CC)n2CC)sc(C)c1C. The smallest absolute Gasteiger partial charge is 0.341 e. The van der Waals surface area contributed by atoms with E-state index < -0.39 is 5.97 Å². The van der Waals surface area contributed by atoms with E-state index in [-0.39, 0.29) is 11.7 Å². The number of thioether (sulfide) groups is 1. The number of aromatic nitrogens is 3. The van der Waals surface area contributed by atoms with E-state index in [2.05, 4.69) is 15.5 Å². The maximum Gasteiger partial charge on any atom is 0.341 e. The Labute approximate surface area is 161 Å². The van der Waals surface area contributed by atoms with Crippen molar-refractivity contribution in [2.45, 2.75) is 52.7 Å². The van der Waals surface area contributed by atoms with Gasteiger partial charge >= 0.3 is 5.97 Å². The van der Waals surface area contributed by atoms with Crippen molar-refractivity contribution >= 4 is 40.0 Å². The highest BCUT2D eigenvalue weighted by atomic mass is 32.2. The molecule has 1 N–H and O–H groups in total. The second kappa shape index (κ2) is 9.18. The van der Waals surface area contributed by atoms with Crippen molar-refractivity contribution in [3.05, 3.63) is 21.8 Å². The summed E-state index contributed by atoms with van der Waals surface area (Å²) >= 11 is 2.72. The van der Waals surface area contributed by atoms with Crippen LogP contribution in [0.5, 0.6) is 0 Å². The molecule has 7 nitrogen and oxygen atoms in total. The molecule has 9 heteroatoms. The summed E-state index contributed by atoms with van der Waals surface area (Å²) < 4.78 is 7.11. The first-order valence-corrected chi connectivity index (χ1v) is 10.3. The number of amides is 1. The molecule has 0 aliphatic rings. The Bertz CT molecular complexity index is 798. The summed E-state index contributed by atoms with van der Waals surface area (Å²) in [5.41, 5.74) is 1.28. The predicted molar refractivity (Wildman–Crippen MR) is 104 cm³/mol. The molecule has 0 aliphatic heterocycles. The lowest BCUT2D eigenvalue weighted by Crippen LogP contribution is -2.17. The van der Waals surface area contributed by atoms with Crippen LogP contribution in [0.25, 0.3) is 0 Å². The molecule has 142 valence electrons. The van der Waals surface area contributed by atoms with Gasteiger partial charge in [-0.05, 0) is 33.3 Å². The Morgan fingerprint density at radius 2 is 1.96 bits per heavy atom. The Kier molecular flexibility index (Phi) is 7.22. The van der Waals surface area contributed by atoms with Crippen molar-refractivity contribution in [2.75, 3.05) is 17.7 Å². The highest BCUT2D eigenvalue weighted by Crippen LogP contribution is 2.33. The highest BCUT2D eigenvalue weighted by molar-refractivity contribution is 7.99. The Balaban J connectivity index is 2.08. The van der Waals surface area contributed by atoms with E-state index in [1.54, 1.807) is 6.92 Å². The average Bonchev–Trinajstić information content (AvgIpc) is 3.13. The summed E-state index contributed by atoms with van der Waals surface area (Å²) in [6, 6.07) is 0. The van der Waals surface area contributed by atoms with Crippen molar-refractivity contribution in [1.29, 1.82) is 0 Å². The van der Waals surface area contributed by atoms with Crippen LogP contribution in [0.3, 0.4) is 0 Å². The molecular formula is C17H24N4O3S2. The van der Waals surface area contributed by atoms with Crippen LogP contribution in [-0.4, -0.2) is 39.0 Å². The molecule has 0 spiro atoms. The van der Waals surface area contributed by atoms with E-state index >= 15 is 0 Å². The van der Waals surface area contributed by atoms with Gasteiger partial charge < -0.3 is 14.6 Å². The maximum atomic E-state index is 12.4. The monoisotopic (exact) mass is 396 g/mol. The lowest BCUT2D eigenvalue weighted by Gasteiger charge is -2.08. The van der Waals surface area contributed by atoms with Gasteiger partial charge in [0.1, 0.15) is 10.8 Å². The van der Waals surface area contributed by atoms with Crippen LogP contribution < -0.4 is 5.32 Å². The minimum Gasteiger partial charge on any atom is -0.462 e. The van der Waals surface area contributed by atoms with Gasteiger partial charge in [0.2, 0.25) is 5.91 Å². The van der Waals surface area contributed by atoms with Crippen LogP contribution >= 0.6 is 23.1 Å². The van der Waals surface area contributed by atoms with Crippen molar-refractivity contribution in [2.24, 2.45) is 0 Å². The fourth-order valence-electron chi connectivity index (χ4n) is 2.46. The van der Waals surface area contributed by atoms with Gasteiger partial charge in [-0.3, -0.25) is 4.79 Å². The minimum atomic E-state index is -0.407. The van der Waals surface area contributed by atoms with Crippen LogP contribution in [0.15, 0.2) is 5.16 Å². The summed E-state index contributed by atoms with van der Waals surface area (Å²) in [4.78, 5) is 25.5. The zero-order valence-corrected chi connectivity index (χ0v) is 17.3. The molecule has 26 heavy (non-hydrogen) atoms. The number of hydrogen-bond donors (Lipinski definition) is 1. The molecule has 2 aromatic heterocycles. The van der Waals surface area contributed by atoms with E-state index in [9.17, 15) is 9.59 Å². The summed E-state index contributed by atoms with van der Waals surface area (Å²) in [6.45, 7) is 10.6. The first-order valence-electron chi connectivity index (χ1n) is 8.54. The van der Waals surface area contributed by atoms with Gasteiger partial charge in [-0.2, -0.15) is 0 Å². The number of aryl methyl sites for hydroxylation is 2. The molecule has 2 heterocycles. The molecule has 0 aromatic carbocycles. The van der Waals surface area contributed by atoms with E-state index in [4.69, 9.17) is 4.74 Å². The average molecular weight is 397 g/mol. The Hall–Kier alpha value is -1.87. The topological polar surface area (TPSA) is 86.1 Å². The fourth-order valence-corrected chi connectivity index (χ4v) is 4.35. The summed E-state index contributed by atoms with van der Waals surface area (Å²) in [7, 11) is 0. The minimum absolute atomic E-state index is 0.189. The molecule has 2 aromatic rings. The van der Waals surface area contributed by atoms with E-state index in [0.717, 1.165) is 34.4 Å². The zero-order valence-electron chi connectivity index (χ0n) is 15.7. The molecule has 2 rings (SSSR count). The molecule has 0 atom stereocenters. The molecular weight excluding hydrogens is 372 g/mol. The molecule has 1 amide bonds. The van der Waals surface area contributed by atoms with Gasteiger partial charge in [-0.15, -0.1) is 21.5 Å². The standard InChI is InChI=1S/C17H24N4O3S2/c1-6-12-19-20-17(21(12)7-2)25-9-13(22)18-15-14(16(23)24-8-3)10(4)11(5)26-15/h6-9H2,1-5H3,(H,18,22). The lowest BCUT2D eigenvalue weighted by atomic mass is 10.1. The Morgan fingerprint density at radius 1 is 1.23 bits per heavy atom. The van der Waals surface area contributed by atoms with Gasteiger partial charge in [0.25, 0.3) is 0 Å². The number of thiophene rings is 1. The zero-order chi connectivity index (χ0) is 19.3. The van der Waals surface area contributed by atoms with Gasteiger partial charge in [-0.25, -0.2) is 4.79 Å². The van der Waals surface area contributed by atoms with Crippen LogP contribution in [0, 0.1) is 13.8 Å². The molecule has 0 radical (unpaired) electrons. The molecule has 0 saturated heterocycles. The van der Waals surface area contributed by atoms with Gasteiger partial charge in [0.15, 0.2) is 5.16 Å². The largest absolute Gasteiger partial charge is 0.462 e. The second-order valence-corrected chi connectivity index (χ2v) is 7.71.